The van der Waals surface area contributed by atoms with Gasteiger partial charge in [0.1, 0.15) is 6.54 Å². The van der Waals surface area contributed by atoms with Crippen molar-refractivity contribution in [1.29, 1.82) is 0 Å². The van der Waals surface area contributed by atoms with Gasteiger partial charge in [0.25, 0.3) is 0 Å². The van der Waals surface area contributed by atoms with Crippen molar-refractivity contribution >= 4 is 0 Å². The third-order valence-electron chi connectivity index (χ3n) is 1.26. The maximum atomic E-state index is 2.18. The summed E-state index contributed by atoms with van der Waals surface area (Å²) in [4.78, 5) is 0. The molecular weight excluding hydrogens is 284 g/mol. The van der Waals surface area contributed by atoms with Crippen molar-refractivity contribution < 1.29 is 38.5 Å². The van der Waals surface area contributed by atoms with Gasteiger partial charge in [-0.05, 0) is 0 Å². The predicted octanol–water partition coefficient (Wildman–Crippen LogP) is -4.23. The average molecular weight is 300 g/mol. The summed E-state index contributed by atoms with van der Waals surface area (Å²) in [6, 6.07) is 6.14. The van der Waals surface area contributed by atoms with Crippen LogP contribution >= 0.6 is 0 Å². The number of halogens is 2. The van der Waals surface area contributed by atoms with Gasteiger partial charge in [-0.1, -0.05) is 13.0 Å². The minimum atomic E-state index is 0. The van der Waals surface area contributed by atoms with Crippen molar-refractivity contribution in [3.05, 3.63) is 30.6 Å². The van der Waals surface area contributed by atoms with E-state index in [4.69, 9.17) is 0 Å². The number of quaternary nitrogens is 1. The molecule has 0 amide bonds. The van der Waals surface area contributed by atoms with Crippen molar-refractivity contribution in [2.45, 2.75) is 19.9 Å². The van der Waals surface area contributed by atoms with Crippen LogP contribution in [0.1, 0.15) is 13.3 Å². The molecule has 1 rings (SSSR count). The van der Waals surface area contributed by atoms with Crippen molar-refractivity contribution in [2.75, 3.05) is 0 Å². The normalized spacial score (nSPS) is 7.08. The van der Waals surface area contributed by atoms with Gasteiger partial charge >= 0.3 is 0 Å². The van der Waals surface area contributed by atoms with Crippen LogP contribution in [0.25, 0.3) is 0 Å². The Morgan fingerprint density at radius 3 is 1.92 bits per heavy atom. The summed E-state index contributed by atoms with van der Waals surface area (Å²) in [6.45, 7) is 3.31. The van der Waals surface area contributed by atoms with Crippen molar-refractivity contribution in [3.8, 4) is 0 Å². The van der Waals surface area contributed by atoms with Crippen LogP contribution in [0, 0.1) is 0 Å². The molecule has 1 aromatic rings. The molecule has 2 nitrogen and oxygen atoms in total. The zero-order valence-corrected chi connectivity index (χ0v) is 10.7. The Hall–Kier alpha value is 0.0700. The molecule has 0 aliphatic rings. The lowest BCUT2D eigenvalue weighted by Crippen LogP contribution is -3.00. The van der Waals surface area contributed by atoms with Gasteiger partial charge in [-0.15, -0.1) is 0 Å². The topological polar surface area (TPSA) is 40.4 Å². The molecule has 0 atom stereocenters. The van der Waals surface area contributed by atoms with E-state index in [1.54, 1.807) is 0 Å². The second-order valence-corrected chi connectivity index (χ2v) is 2.11. The number of pyridine rings is 1. The first kappa shape index (κ1) is 18.0. The summed E-state index contributed by atoms with van der Waals surface area (Å²) in [7, 11) is 0. The molecule has 0 saturated heterocycles. The van der Waals surface area contributed by atoms with Crippen molar-refractivity contribution in [2.24, 2.45) is 0 Å². The highest BCUT2D eigenvalue weighted by Crippen LogP contribution is 1.78. The molecule has 0 fully saturated rings. The molecular formula is C8H16Br2N2. The lowest BCUT2D eigenvalue weighted by atomic mass is 10.4. The Morgan fingerprint density at radius 1 is 1.00 bits per heavy atom. The zero-order chi connectivity index (χ0) is 6.53. The standard InChI is InChI=1S/C8H12N.2BrH.H3N/c1-2-6-9-7-4-3-5-8-9;;;/h3-5,7-8H,2,6H2,1H3;2*1H;1H3/q+1;;;/p-1. The maximum absolute atomic E-state index is 2.18. The second kappa shape index (κ2) is 11.1. The number of aryl methyl sites for hydroxylation is 1. The van der Waals surface area contributed by atoms with E-state index < -0.39 is 0 Å². The molecule has 0 unspecified atom stereocenters. The predicted molar refractivity (Wildman–Crippen MR) is 42.9 cm³/mol. The Labute approximate surface area is 95.1 Å². The summed E-state index contributed by atoms with van der Waals surface area (Å²) in [5.41, 5.74) is 0. The van der Waals surface area contributed by atoms with E-state index in [2.05, 4.69) is 36.0 Å². The summed E-state index contributed by atoms with van der Waals surface area (Å²) in [5, 5.41) is 0. The molecule has 0 radical (unpaired) electrons. The fourth-order valence-corrected chi connectivity index (χ4v) is 0.842. The van der Waals surface area contributed by atoms with Gasteiger partial charge in [-0.25, -0.2) is 4.57 Å². The van der Waals surface area contributed by atoms with Crippen LogP contribution in [0.2, 0.25) is 0 Å². The lowest BCUT2D eigenvalue weighted by molar-refractivity contribution is -0.697. The summed E-state index contributed by atoms with van der Waals surface area (Å²) in [5.74, 6) is 0. The van der Waals surface area contributed by atoms with Crippen LogP contribution in [0.15, 0.2) is 30.6 Å². The summed E-state index contributed by atoms with van der Waals surface area (Å²) >= 11 is 0. The molecule has 1 aromatic heterocycles. The fourth-order valence-electron chi connectivity index (χ4n) is 0.842. The Kier molecular flexibility index (Phi) is 16.6. The van der Waals surface area contributed by atoms with Crippen LogP contribution < -0.4 is 44.7 Å². The van der Waals surface area contributed by atoms with E-state index >= 15 is 0 Å². The first-order valence-corrected chi connectivity index (χ1v) is 3.37. The van der Waals surface area contributed by atoms with E-state index in [0.717, 1.165) is 6.54 Å². The molecule has 4 heteroatoms. The number of rotatable bonds is 2. The van der Waals surface area contributed by atoms with Crippen molar-refractivity contribution in [3.63, 3.8) is 0 Å². The van der Waals surface area contributed by atoms with E-state index in [-0.39, 0.29) is 40.1 Å². The van der Waals surface area contributed by atoms with E-state index in [1.165, 1.54) is 6.42 Å². The molecule has 4 N–H and O–H groups in total. The Bertz CT molecular complexity index is 168. The number of hydrogen-bond acceptors (Lipinski definition) is 0. The van der Waals surface area contributed by atoms with Gasteiger partial charge in [0.2, 0.25) is 0 Å². The molecule has 12 heavy (non-hydrogen) atoms. The van der Waals surface area contributed by atoms with E-state index in [0.29, 0.717) is 0 Å². The summed E-state index contributed by atoms with van der Waals surface area (Å²) < 4.78 is 2.18. The molecule has 1 heterocycles. The number of nitrogens with zero attached hydrogens (tertiary/aromatic N) is 1. The third-order valence-corrected chi connectivity index (χ3v) is 1.26. The van der Waals surface area contributed by atoms with Gasteiger partial charge < -0.3 is 40.1 Å². The molecule has 72 valence electrons. The quantitative estimate of drug-likeness (QED) is 0.538. The van der Waals surface area contributed by atoms with Crippen LogP contribution in [0.5, 0.6) is 0 Å². The second-order valence-electron chi connectivity index (χ2n) is 2.11. The van der Waals surface area contributed by atoms with Gasteiger partial charge in [0, 0.05) is 18.6 Å². The van der Waals surface area contributed by atoms with E-state index in [1.807, 2.05) is 6.07 Å². The van der Waals surface area contributed by atoms with Crippen LogP contribution in [-0.4, -0.2) is 0 Å². The van der Waals surface area contributed by atoms with Gasteiger partial charge in [-0.3, -0.25) is 0 Å². The number of aromatic nitrogens is 1. The first-order valence-electron chi connectivity index (χ1n) is 3.37. The first-order chi connectivity index (χ1) is 4.43. The summed E-state index contributed by atoms with van der Waals surface area (Å²) in [6.07, 6.45) is 5.38. The maximum Gasteiger partial charge on any atom is 0.168 e. The minimum absolute atomic E-state index is 0. The molecule has 0 saturated carbocycles. The Morgan fingerprint density at radius 2 is 1.50 bits per heavy atom. The number of hydrogen-bond donors (Lipinski definition) is 1. The van der Waals surface area contributed by atoms with Crippen molar-refractivity contribution in [1.82, 2.24) is 6.15 Å². The van der Waals surface area contributed by atoms with E-state index in [9.17, 15) is 0 Å². The molecule has 0 spiro atoms. The highest BCUT2D eigenvalue weighted by atomic mass is 79.9. The Balaban J connectivity index is -0.000000270. The average Bonchev–Trinajstić information content (AvgIpc) is 1.91. The highest BCUT2D eigenvalue weighted by Gasteiger charge is 1.90. The minimum Gasteiger partial charge on any atom is -1.00 e. The lowest BCUT2D eigenvalue weighted by Gasteiger charge is -1.88. The highest BCUT2D eigenvalue weighted by molar-refractivity contribution is 4.83. The third kappa shape index (κ3) is 6.76. The smallest absolute Gasteiger partial charge is 0.168 e. The molecule has 0 aromatic carbocycles. The van der Waals surface area contributed by atoms with Crippen LogP contribution in [-0.2, 0) is 6.54 Å². The molecule has 0 aliphatic carbocycles. The fraction of sp³-hybridized carbons (Fsp3) is 0.375. The SMILES string of the molecule is CCC[n+]1ccccc1.[Br-].[Br-].[NH4+]. The van der Waals surface area contributed by atoms with Gasteiger partial charge in [0.05, 0.1) is 0 Å². The van der Waals surface area contributed by atoms with Crippen LogP contribution in [0.3, 0.4) is 0 Å². The van der Waals surface area contributed by atoms with Gasteiger partial charge in [-0.2, -0.15) is 0 Å². The molecule has 0 aliphatic heterocycles. The largest absolute Gasteiger partial charge is 1.00 e. The monoisotopic (exact) mass is 298 g/mol. The molecule has 0 bridgehead atoms. The zero-order valence-electron chi connectivity index (χ0n) is 7.50. The van der Waals surface area contributed by atoms with Gasteiger partial charge in [0.15, 0.2) is 12.4 Å². The van der Waals surface area contributed by atoms with Crippen LogP contribution in [0.4, 0.5) is 0 Å².